The van der Waals surface area contributed by atoms with E-state index in [0.29, 0.717) is 0 Å². The fourth-order valence-corrected chi connectivity index (χ4v) is 2.60. The first-order valence-electron chi connectivity index (χ1n) is 6.74. The Bertz CT molecular complexity index is 608. The number of nitrogens with two attached hydrogens (primary N) is 1. The highest BCUT2D eigenvalue weighted by molar-refractivity contribution is 5.43. The van der Waals surface area contributed by atoms with Crippen molar-refractivity contribution in [1.29, 1.82) is 0 Å². The second-order valence-corrected chi connectivity index (χ2v) is 5.19. The van der Waals surface area contributed by atoms with Gasteiger partial charge in [0, 0.05) is 0 Å². The molecule has 1 atom stereocenters. The van der Waals surface area contributed by atoms with Gasteiger partial charge in [-0.25, -0.2) is 5.43 Å². The van der Waals surface area contributed by atoms with E-state index in [0.717, 1.165) is 16.9 Å². The number of benzene rings is 2. The number of hydrazine groups is 1. The Hall–Kier alpha value is -1.84. The lowest BCUT2D eigenvalue weighted by Crippen LogP contribution is -2.29. The maximum absolute atomic E-state index is 5.78. The van der Waals surface area contributed by atoms with Gasteiger partial charge in [-0.1, -0.05) is 35.9 Å². The van der Waals surface area contributed by atoms with Crippen LogP contribution < -0.4 is 16.0 Å². The average molecular weight is 270 g/mol. The molecule has 0 fully saturated rings. The molecule has 0 spiro atoms. The molecule has 0 bridgehead atoms. The molecule has 0 aromatic heterocycles. The minimum Gasteiger partial charge on any atom is -0.496 e. The van der Waals surface area contributed by atoms with E-state index < -0.39 is 0 Å². The molecule has 3 nitrogen and oxygen atoms in total. The Kier molecular flexibility index (Phi) is 4.42. The summed E-state index contributed by atoms with van der Waals surface area (Å²) < 4.78 is 5.31. The molecule has 0 aliphatic rings. The zero-order valence-corrected chi connectivity index (χ0v) is 12.5. The van der Waals surface area contributed by atoms with Crippen LogP contribution in [0.15, 0.2) is 36.4 Å². The maximum Gasteiger partial charge on any atom is 0.121 e. The van der Waals surface area contributed by atoms with Crippen molar-refractivity contribution in [2.75, 3.05) is 7.11 Å². The molecular weight excluding hydrogens is 248 g/mol. The van der Waals surface area contributed by atoms with Gasteiger partial charge >= 0.3 is 0 Å². The van der Waals surface area contributed by atoms with Gasteiger partial charge < -0.3 is 4.74 Å². The summed E-state index contributed by atoms with van der Waals surface area (Å²) in [4.78, 5) is 0. The smallest absolute Gasteiger partial charge is 0.121 e. The largest absolute Gasteiger partial charge is 0.496 e. The summed E-state index contributed by atoms with van der Waals surface area (Å²) in [6, 6.07) is 12.6. The van der Waals surface area contributed by atoms with Crippen molar-refractivity contribution in [3.05, 3.63) is 64.2 Å². The van der Waals surface area contributed by atoms with Gasteiger partial charge in [0.25, 0.3) is 0 Å². The van der Waals surface area contributed by atoms with Gasteiger partial charge in [0.2, 0.25) is 0 Å². The Morgan fingerprint density at radius 2 is 1.75 bits per heavy atom. The third-order valence-corrected chi connectivity index (χ3v) is 3.66. The molecule has 0 saturated carbocycles. The molecule has 2 aromatic carbocycles. The zero-order chi connectivity index (χ0) is 14.7. The summed E-state index contributed by atoms with van der Waals surface area (Å²) in [5.74, 6) is 6.68. The van der Waals surface area contributed by atoms with Crippen molar-refractivity contribution in [2.45, 2.75) is 26.8 Å². The number of ether oxygens (including phenoxy) is 1. The molecule has 2 rings (SSSR count). The van der Waals surface area contributed by atoms with Crippen LogP contribution in [0, 0.1) is 20.8 Å². The topological polar surface area (TPSA) is 47.3 Å². The van der Waals surface area contributed by atoms with E-state index in [1.54, 1.807) is 7.11 Å². The fraction of sp³-hybridized carbons (Fsp3) is 0.294. The summed E-state index contributed by atoms with van der Waals surface area (Å²) in [6.07, 6.45) is 0. The Labute approximate surface area is 120 Å². The molecule has 0 aliphatic carbocycles. The quantitative estimate of drug-likeness (QED) is 0.662. The Balaban J connectivity index is 2.44. The highest BCUT2D eigenvalue weighted by atomic mass is 16.5. The number of aryl methyl sites for hydroxylation is 3. The maximum atomic E-state index is 5.78. The predicted octanol–water partition coefficient (Wildman–Crippen LogP) is 3.17. The normalized spacial score (nSPS) is 12.2. The monoisotopic (exact) mass is 270 g/mol. The summed E-state index contributed by atoms with van der Waals surface area (Å²) in [6.45, 7) is 6.25. The van der Waals surface area contributed by atoms with Gasteiger partial charge in [0.15, 0.2) is 0 Å². The van der Waals surface area contributed by atoms with Gasteiger partial charge in [0.1, 0.15) is 5.75 Å². The highest BCUT2D eigenvalue weighted by Gasteiger charge is 2.15. The summed E-state index contributed by atoms with van der Waals surface area (Å²) in [5.41, 5.74) is 8.85. The van der Waals surface area contributed by atoms with Crippen LogP contribution in [0.2, 0.25) is 0 Å². The standard InChI is InChI=1S/C17H22N2O/c1-11-5-7-15(12(2)9-11)17(19-18)14-6-8-16(20-4)13(3)10-14/h5-10,17,19H,18H2,1-4H3. The summed E-state index contributed by atoms with van der Waals surface area (Å²) >= 11 is 0. The van der Waals surface area contributed by atoms with Crippen LogP contribution in [0.1, 0.15) is 33.9 Å². The third kappa shape index (κ3) is 2.84. The van der Waals surface area contributed by atoms with E-state index >= 15 is 0 Å². The summed E-state index contributed by atoms with van der Waals surface area (Å²) in [7, 11) is 1.69. The van der Waals surface area contributed by atoms with Crippen LogP contribution in [-0.2, 0) is 0 Å². The number of rotatable bonds is 4. The Morgan fingerprint density at radius 1 is 1.00 bits per heavy atom. The average Bonchev–Trinajstić information content (AvgIpc) is 2.42. The van der Waals surface area contributed by atoms with Crippen molar-refractivity contribution in [1.82, 2.24) is 5.43 Å². The van der Waals surface area contributed by atoms with Gasteiger partial charge in [-0.05, 0) is 49.1 Å². The Morgan fingerprint density at radius 3 is 2.30 bits per heavy atom. The van der Waals surface area contributed by atoms with Crippen molar-refractivity contribution in [3.63, 3.8) is 0 Å². The van der Waals surface area contributed by atoms with Gasteiger partial charge in [0.05, 0.1) is 13.2 Å². The highest BCUT2D eigenvalue weighted by Crippen LogP contribution is 2.28. The van der Waals surface area contributed by atoms with Crippen molar-refractivity contribution in [2.24, 2.45) is 5.84 Å². The van der Waals surface area contributed by atoms with Crippen LogP contribution in [0.4, 0.5) is 0 Å². The number of methoxy groups -OCH3 is 1. The van der Waals surface area contributed by atoms with Crippen molar-refractivity contribution in [3.8, 4) is 5.75 Å². The third-order valence-electron chi connectivity index (χ3n) is 3.66. The van der Waals surface area contributed by atoms with Gasteiger partial charge in [-0.2, -0.15) is 0 Å². The fourth-order valence-electron chi connectivity index (χ4n) is 2.60. The van der Waals surface area contributed by atoms with Crippen LogP contribution >= 0.6 is 0 Å². The lowest BCUT2D eigenvalue weighted by molar-refractivity contribution is 0.411. The molecule has 0 saturated heterocycles. The van der Waals surface area contributed by atoms with Crippen LogP contribution in [0.3, 0.4) is 0 Å². The lowest BCUT2D eigenvalue weighted by atomic mass is 9.93. The molecule has 1 unspecified atom stereocenters. The molecule has 20 heavy (non-hydrogen) atoms. The van der Waals surface area contributed by atoms with Gasteiger partial charge in [-0.15, -0.1) is 0 Å². The first-order chi connectivity index (χ1) is 9.56. The minimum absolute atomic E-state index is 0.0137. The molecule has 106 valence electrons. The second kappa shape index (κ2) is 6.07. The van der Waals surface area contributed by atoms with E-state index in [-0.39, 0.29) is 6.04 Å². The second-order valence-electron chi connectivity index (χ2n) is 5.19. The van der Waals surface area contributed by atoms with Crippen molar-refractivity contribution < 1.29 is 4.74 Å². The molecular formula is C17H22N2O. The van der Waals surface area contributed by atoms with Crippen LogP contribution in [0.25, 0.3) is 0 Å². The van der Waals surface area contributed by atoms with E-state index in [2.05, 4.69) is 49.6 Å². The summed E-state index contributed by atoms with van der Waals surface area (Å²) in [5, 5.41) is 0. The van der Waals surface area contributed by atoms with E-state index in [1.165, 1.54) is 16.7 Å². The van der Waals surface area contributed by atoms with Gasteiger partial charge in [-0.3, -0.25) is 5.84 Å². The van der Waals surface area contributed by atoms with E-state index in [9.17, 15) is 0 Å². The van der Waals surface area contributed by atoms with Crippen LogP contribution in [-0.4, -0.2) is 7.11 Å². The molecule has 0 radical (unpaired) electrons. The number of hydrogen-bond donors (Lipinski definition) is 2. The number of nitrogens with one attached hydrogen (secondary N) is 1. The molecule has 0 aliphatic heterocycles. The first kappa shape index (κ1) is 14.6. The van der Waals surface area contributed by atoms with E-state index in [1.807, 2.05) is 13.0 Å². The number of hydrogen-bond acceptors (Lipinski definition) is 3. The lowest BCUT2D eigenvalue weighted by Gasteiger charge is -2.20. The first-order valence-corrected chi connectivity index (χ1v) is 6.74. The van der Waals surface area contributed by atoms with Crippen LogP contribution in [0.5, 0.6) is 5.75 Å². The molecule has 3 N–H and O–H groups in total. The molecule has 3 heteroatoms. The zero-order valence-electron chi connectivity index (χ0n) is 12.5. The molecule has 0 amide bonds. The minimum atomic E-state index is -0.0137. The van der Waals surface area contributed by atoms with E-state index in [4.69, 9.17) is 10.6 Å². The SMILES string of the molecule is COc1ccc(C(NN)c2ccc(C)cc2C)cc1C. The van der Waals surface area contributed by atoms with Crippen molar-refractivity contribution >= 4 is 0 Å². The predicted molar refractivity (Wildman–Crippen MR) is 82.8 cm³/mol. The molecule has 0 heterocycles. The molecule has 2 aromatic rings.